The molecule has 2 aliphatic rings. The largest absolute Gasteiger partial charge is 0.497 e. The number of piperazine rings is 1. The van der Waals surface area contributed by atoms with Crippen molar-refractivity contribution in [3.8, 4) is 5.75 Å². The molecule has 0 saturated carbocycles. The number of anilines is 1. The summed E-state index contributed by atoms with van der Waals surface area (Å²) in [4.78, 5) is 29.8. The second-order valence-electron chi connectivity index (χ2n) is 8.81. The third-order valence-electron chi connectivity index (χ3n) is 6.50. The van der Waals surface area contributed by atoms with Gasteiger partial charge in [-0.15, -0.1) is 0 Å². The molecule has 186 valence electrons. The number of rotatable bonds is 6. The van der Waals surface area contributed by atoms with Gasteiger partial charge in [0.15, 0.2) is 0 Å². The number of ether oxygens (including phenoxy) is 1. The zero-order chi connectivity index (χ0) is 24.9. The van der Waals surface area contributed by atoms with Crippen LogP contribution in [0.3, 0.4) is 0 Å². The lowest BCUT2D eigenvalue weighted by atomic mass is 10.0. The number of urea groups is 1. The maximum atomic E-state index is 13.4. The molecule has 1 aromatic heterocycles. The van der Waals surface area contributed by atoms with E-state index < -0.39 is 0 Å². The first-order valence-corrected chi connectivity index (χ1v) is 12.0. The van der Waals surface area contributed by atoms with Gasteiger partial charge in [0.25, 0.3) is 5.91 Å². The van der Waals surface area contributed by atoms with Crippen LogP contribution >= 0.6 is 0 Å². The standard InChI is InChI=1S/C27H29N5O4/c1-35-22-11-9-20(10-12-22)23-18-24(25-8-5-17-36-25)32(29-23)26(33)19-30-13-15-31(16-14-30)27(34)28-21-6-3-2-4-7-21/h2-12,17,24H,13-16,18-19H2,1H3,(H,28,34)/t24-/m0/s1. The molecule has 1 N–H and O–H groups in total. The van der Waals surface area contributed by atoms with E-state index in [-0.39, 0.29) is 24.5 Å². The van der Waals surface area contributed by atoms with Gasteiger partial charge < -0.3 is 19.4 Å². The molecular formula is C27H29N5O4. The van der Waals surface area contributed by atoms with Crippen LogP contribution in [0.4, 0.5) is 10.5 Å². The summed E-state index contributed by atoms with van der Waals surface area (Å²) >= 11 is 0. The summed E-state index contributed by atoms with van der Waals surface area (Å²) in [5.41, 5.74) is 2.54. The summed E-state index contributed by atoms with van der Waals surface area (Å²) in [6, 6.07) is 20.4. The van der Waals surface area contributed by atoms with Gasteiger partial charge in [0.2, 0.25) is 0 Å². The van der Waals surface area contributed by atoms with Crippen molar-refractivity contribution in [1.29, 1.82) is 0 Å². The molecule has 0 unspecified atom stereocenters. The fraction of sp³-hybridized carbons (Fsp3) is 0.296. The highest BCUT2D eigenvalue weighted by Crippen LogP contribution is 2.33. The zero-order valence-electron chi connectivity index (χ0n) is 20.2. The molecule has 36 heavy (non-hydrogen) atoms. The molecule has 3 amide bonds. The Morgan fingerprint density at radius 1 is 1.00 bits per heavy atom. The lowest BCUT2D eigenvalue weighted by Gasteiger charge is -2.35. The van der Waals surface area contributed by atoms with Gasteiger partial charge in [-0.2, -0.15) is 5.10 Å². The molecule has 3 heterocycles. The Kier molecular flexibility index (Phi) is 6.99. The molecule has 3 aromatic rings. The van der Waals surface area contributed by atoms with Crippen LogP contribution in [0, 0.1) is 0 Å². The van der Waals surface area contributed by atoms with E-state index >= 15 is 0 Å². The van der Waals surface area contributed by atoms with E-state index in [0.717, 1.165) is 22.7 Å². The molecule has 0 radical (unpaired) electrons. The molecule has 9 nitrogen and oxygen atoms in total. The zero-order valence-corrected chi connectivity index (χ0v) is 20.2. The number of benzene rings is 2. The number of carbonyl (C=O) groups is 2. The van der Waals surface area contributed by atoms with Crippen LogP contribution in [-0.2, 0) is 4.79 Å². The Balaban J connectivity index is 1.22. The number of methoxy groups -OCH3 is 1. The van der Waals surface area contributed by atoms with Gasteiger partial charge in [0.05, 0.1) is 25.6 Å². The Morgan fingerprint density at radius 2 is 1.75 bits per heavy atom. The van der Waals surface area contributed by atoms with E-state index in [9.17, 15) is 9.59 Å². The van der Waals surface area contributed by atoms with E-state index in [1.165, 1.54) is 0 Å². The molecule has 1 fully saturated rings. The van der Waals surface area contributed by atoms with Crippen molar-refractivity contribution in [3.05, 3.63) is 84.3 Å². The van der Waals surface area contributed by atoms with Crippen molar-refractivity contribution in [2.24, 2.45) is 5.10 Å². The summed E-state index contributed by atoms with van der Waals surface area (Å²) < 4.78 is 10.9. The fourth-order valence-electron chi connectivity index (χ4n) is 4.50. The predicted octanol–water partition coefficient (Wildman–Crippen LogP) is 3.82. The summed E-state index contributed by atoms with van der Waals surface area (Å²) in [6.45, 7) is 2.55. The van der Waals surface area contributed by atoms with E-state index in [4.69, 9.17) is 14.3 Å². The number of para-hydroxylation sites is 1. The van der Waals surface area contributed by atoms with Gasteiger partial charge in [-0.25, -0.2) is 9.80 Å². The van der Waals surface area contributed by atoms with Crippen molar-refractivity contribution in [2.75, 3.05) is 45.2 Å². The fourth-order valence-corrected chi connectivity index (χ4v) is 4.50. The second-order valence-corrected chi connectivity index (χ2v) is 8.81. The second kappa shape index (κ2) is 10.7. The van der Waals surface area contributed by atoms with E-state index in [1.54, 1.807) is 23.3 Å². The molecule has 0 spiro atoms. The third kappa shape index (κ3) is 5.26. The van der Waals surface area contributed by atoms with Gasteiger partial charge in [-0.05, 0) is 54.1 Å². The van der Waals surface area contributed by atoms with Gasteiger partial charge in [-0.3, -0.25) is 9.69 Å². The molecule has 2 aliphatic heterocycles. The minimum Gasteiger partial charge on any atom is -0.497 e. The highest BCUT2D eigenvalue weighted by Gasteiger charge is 2.36. The number of hydrogen-bond donors (Lipinski definition) is 1. The number of nitrogens with zero attached hydrogens (tertiary/aromatic N) is 4. The van der Waals surface area contributed by atoms with Gasteiger partial charge in [0, 0.05) is 38.3 Å². The van der Waals surface area contributed by atoms with E-state index in [1.807, 2.05) is 66.7 Å². The Labute approximate surface area is 209 Å². The molecule has 9 heteroatoms. The lowest BCUT2D eigenvalue weighted by Crippen LogP contribution is -2.52. The molecule has 0 aliphatic carbocycles. The number of amides is 3. The summed E-state index contributed by atoms with van der Waals surface area (Å²) in [7, 11) is 1.63. The SMILES string of the molecule is COc1ccc(C2=NN(C(=O)CN3CCN(C(=O)Nc4ccccc4)CC3)[C@H](c3ccco3)C2)cc1. The summed E-state index contributed by atoms with van der Waals surface area (Å²) in [5, 5.41) is 9.17. The van der Waals surface area contributed by atoms with Crippen LogP contribution in [-0.4, -0.2) is 72.3 Å². The highest BCUT2D eigenvalue weighted by atomic mass is 16.5. The number of furan rings is 1. The Morgan fingerprint density at radius 3 is 2.42 bits per heavy atom. The molecule has 2 aromatic carbocycles. The van der Waals surface area contributed by atoms with Crippen LogP contribution in [0.2, 0.25) is 0 Å². The summed E-state index contributed by atoms with van der Waals surface area (Å²) in [6.07, 6.45) is 2.18. The van der Waals surface area contributed by atoms with Crippen LogP contribution in [0.1, 0.15) is 23.8 Å². The maximum absolute atomic E-state index is 13.4. The number of carbonyl (C=O) groups excluding carboxylic acids is 2. The maximum Gasteiger partial charge on any atom is 0.321 e. The predicted molar refractivity (Wildman–Crippen MR) is 136 cm³/mol. The number of nitrogens with one attached hydrogen (secondary N) is 1. The summed E-state index contributed by atoms with van der Waals surface area (Å²) in [5.74, 6) is 1.38. The molecule has 5 rings (SSSR count). The van der Waals surface area contributed by atoms with Gasteiger partial charge >= 0.3 is 6.03 Å². The molecule has 1 atom stereocenters. The van der Waals surface area contributed by atoms with Crippen molar-refractivity contribution < 1.29 is 18.7 Å². The Bertz CT molecular complexity index is 1200. The Hall–Kier alpha value is -4.11. The monoisotopic (exact) mass is 487 g/mol. The van der Waals surface area contributed by atoms with Crippen LogP contribution in [0.25, 0.3) is 0 Å². The first-order chi connectivity index (χ1) is 17.6. The average Bonchev–Trinajstić information content (AvgIpc) is 3.60. The first-order valence-electron chi connectivity index (χ1n) is 12.0. The van der Waals surface area contributed by atoms with E-state index in [0.29, 0.717) is 38.4 Å². The van der Waals surface area contributed by atoms with Crippen LogP contribution in [0.15, 0.2) is 82.5 Å². The topological polar surface area (TPSA) is 90.6 Å². The van der Waals surface area contributed by atoms with Crippen LogP contribution < -0.4 is 10.1 Å². The van der Waals surface area contributed by atoms with Gasteiger partial charge in [-0.1, -0.05) is 18.2 Å². The lowest BCUT2D eigenvalue weighted by molar-refractivity contribution is -0.134. The van der Waals surface area contributed by atoms with E-state index in [2.05, 4.69) is 10.2 Å². The van der Waals surface area contributed by atoms with Crippen molar-refractivity contribution in [3.63, 3.8) is 0 Å². The van der Waals surface area contributed by atoms with Crippen molar-refractivity contribution in [1.82, 2.24) is 14.8 Å². The minimum atomic E-state index is -0.289. The van der Waals surface area contributed by atoms with Gasteiger partial charge in [0.1, 0.15) is 17.6 Å². The normalized spacial score (nSPS) is 18.1. The minimum absolute atomic E-state index is 0.0953. The molecular weight excluding hydrogens is 458 g/mol. The van der Waals surface area contributed by atoms with Crippen molar-refractivity contribution in [2.45, 2.75) is 12.5 Å². The number of hydrazone groups is 1. The molecule has 1 saturated heterocycles. The first kappa shape index (κ1) is 23.6. The quantitative estimate of drug-likeness (QED) is 0.571. The highest BCUT2D eigenvalue weighted by molar-refractivity contribution is 6.03. The smallest absolute Gasteiger partial charge is 0.321 e. The number of hydrogen-bond acceptors (Lipinski definition) is 6. The van der Waals surface area contributed by atoms with Crippen molar-refractivity contribution >= 4 is 23.3 Å². The average molecular weight is 488 g/mol. The third-order valence-corrected chi connectivity index (χ3v) is 6.50. The van der Waals surface area contributed by atoms with Crippen LogP contribution in [0.5, 0.6) is 5.75 Å². The molecule has 0 bridgehead atoms.